The molecule has 18 heavy (non-hydrogen) atoms. The zero-order valence-electron chi connectivity index (χ0n) is 10.8. The van der Waals surface area contributed by atoms with Gasteiger partial charge in [0.25, 0.3) is 0 Å². The van der Waals surface area contributed by atoms with E-state index in [1.165, 1.54) is 16.7 Å². The number of nitrogens with zero attached hydrogens (tertiary/aromatic N) is 1. The zero-order chi connectivity index (χ0) is 13.5. The van der Waals surface area contributed by atoms with E-state index in [1.807, 2.05) is 13.3 Å². The van der Waals surface area contributed by atoms with Crippen LogP contribution < -0.4 is 10.6 Å². The van der Waals surface area contributed by atoms with Crippen LogP contribution in [0.25, 0.3) is 0 Å². The average molecular weight is 275 g/mol. The summed E-state index contributed by atoms with van der Waals surface area (Å²) in [4.78, 5) is 24.7. The van der Waals surface area contributed by atoms with Gasteiger partial charge in [-0.05, 0) is 13.3 Å². The summed E-state index contributed by atoms with van der Waals surface area (Å²) in [7, 11) is 1.81. The van der Waals surface area contributed by atoms with Crippen LogP contribution in [0.3, 0.4) is 0 Å². The first-order valence-electron chi connectivity index (χ1n) is 6.02. The molecule has 0 spiro atoms. The van der Waals surface area contributed by atoms with Crippen LogP contribution in [0.2, 0.25) is 0 Å². The number of aliphatic hydroxyl groups is 1. The molecule has 0 aromatic rings. The van der Waals surface area contributed by atoms with Gasteiger partial charge in [0.2, 0.25) is 11.8 Å². The summed E-state index contributed by atoms with van der Waals surface area (Å²) in [5, 5.41) is 15.2. The molecule has 1 aliphatic rings. The number of amides is 2. The Labute approximate surface area is 111 Å². The van der Waals surface area contributed by atoms with Gasteiger partial charge < -0.3 is 20.6 Å². The summed E-state index contributed by atoms with van der Waals surface area (Å²) in [6, 6.07) is 0. The highest BCUT2D eigenvalue weighted by Crippen LogP contribution is 2.25. The third kappa shape index (κ3) is 4.15. The number of aliphatic hydroxyl groups excluding tert-OH is 1. The number of rotatable bonds is 7. The molecule has 0 bridgehead atoms. The minimum absolute atomic E-state index is 0.0713. The molecule has 1 heterocycles. The second-order valence-electron chi connectivity index (χ2n) is 4.18. The molecule has 1 aliphatic heterocycles. The summed E-state index contributed by atoms with van der Waals surface area (Å²) in [6.07, 6.45) is 1.78. The van der Waals surface area contributed by atoms with Crippen LogP contribution in [0.15, 0.2) is 0 Å². The molecular formula is C11H21N3O3S. The number of nitrogens with one attached hydrogen (secondary N) is 2. The maximum atomic E-state index is 11.8. The summed E-state index contributed by atoms with van der Waals surface area (Å²) in [5.41, 5.74) is 0. The Bertz CT molecular complexity index is 301. The standard InChI is InChI=1S/C11H21N3O3S/c1-12-4-5-13-9(15)3-6-14-10(16)7-8(18-2)11(14)17/h8,10,12,16H,3-7H2,1-2H3,(H,13,15). The average Bonchev–Trinajstić information content (AvgIpc) is 2.62. The molecule has 2 unspecified atom stereocenters. The predicted octanol–water partition coefficient (Wildman–Crippen LogP) is -1.01. The van der Waals surface area contributed by atoms with Gasteiger partial charge in [-0.1, -0.05) is 0 Å². The van der Waals surface area contributed by atoms with Crippen LogP contribution >= 0.6 is 11.8 Å². The van der Waals surface area contributed by atoms with Crippen LogP contribution in [-0.2, 0) is 9.59 Å². The van der Waals surface area contributed by atoms with Crippen molar-refractivity contribution in [2.45, 2.75) is 24.3 Å². The highest BCUT2D eigenvalue weighted by atomic mass is 32.2. The van der Waals surface area contributed by atoms with Crippen molar-refractivity contribution < 1.29 is 14.7 Å². The van der Waals surface area contributed by atoms with E-state index < -0.39 is 6.23 Å². The second kappa shape index (κ2) is 7.60. The van der Waals surface area contributed by atoms with E-state index in [0.29, 0.717) is 19.5 Å². The number of likely N-dealkylation sites (tertiary alicyclic amines) is 1. The topological polar surface area (TPSA) is 81.7 Å². The second-order valence-corrected chi connectivity index (χ2v) is 5.22. The lowest BCUT2D eigenvalue weighted by Crippen LogP contribution is -2.38. The molecule has 0 saturated carbocycles. The molecule has 0 aromatic carbocycles. The van der Waals surface area contributed by atoms with Crippen molar-refractivity contribution in [1.82, 2.24) is 15.5 Å². The van der Waals surface area contributed by atoms with Gasteiger partial charge in [0.15, 0.2) is 0 Å². The number of likely N-dealkylation sites (N-methyl/N-ethyl adjacent to an activating group) is 1. The smallest absolute Gasteiger partial charge is 0.237 e. The minimum atomic E-state index is -0.750. The van der Waals surface area contributed by atoms with Gasteiger partial charge >= 0.3 is 0 Å². The van der Waals surface area contributed by atoms with Crippen LogP contribution in [0.1, 0.15) is 12.8 Å². The third-order valence-corrected chi connectivity index (χ3v) is 3.87. The van der Waals surface area contributed by atoms with Gasteiger partial charge in [-0.25, -0.2) is 0 Å². The Kier molecular flexibility index (Phi) is 6.45. The van der Waals surface area contributed by atoms with Crippen molar-refractivity contribution in [2.75, 3.05) is 32.9 Å². The van der Waals surface area contributed by atoms with E-state index in [2.05, 4.69) is 10.6 Å². The first-order valence-corrected chi connectivity index (χ1v) is 7.31. The number of carbonyl (C=O) groups is 2. The van der Waals surface area contributed by atoms with Crippen molar-refractivity contribution >= 4 is 23.6 Å². The fourth-order valence-corrected chi connectivity index (χ4v) is 2.55. The van der Waals surface area contributed by atoms with E-state index in [4.69, 9.17) is 0 Å². The quantitative estimate of drug-likeness (QED) is 0.519. The number of hydrogen-bond donors (Lipinski definition) is 3. The third-order valence-electron chi connectivity index (χ3n) is 2.90. The maximum absolute atomic E-state index is 11.8. The Morgan fingerprint density at radius 1 is 1.56 bits per heavy atom. The van der Waals surface area contributed by atoms with Crippen molar-refractivity contribution in [1.29, 1.82) is 0 Å². The van der Waals surface area contributed by atoms with Gasteiger partial charge in [-0.3, -0.25) is 9.59 Å². The van der Waals surface area contributed by atoms with Gasteiger partial charge in [-0.15, -0.1) is 0 Å². The normalized spacial score (nSPS) is 23.5. The maximum Gasteiger partial charge on any atom is 0.237 e. The highest BCUT2D eigenvalue weighted by Gasteiger charge is 2.37. The van der Waals surface area contributed by atoms with Crippen LogP contribution in [0.4, 0.5) is 0 Å². The monoisotopic (exact) mass is 275 g/mol. The van der Waals surface area contributed by atoms with Gasteiger partial charge in [0, 0.05) is 32.5 Å². The lowest BCUT2D eigenvalue weighted by molar-refractivity contribution is -0.133. The molecule has 1 saturated heterocycles. The first kappa shape index (κ1) is 15.3. The van der Waals surface area contributed by atoms with Gasteiger partial charge in [-0.2, -0.15) is 11.8 Å². The Morgan fingerprint density at radius 2 is 2.28 bits per heavy atom. The van der Waals surface area contributed by atoms with E-state index in [-0.39, 0.29) is 30.0 Å². The lowest BCUT2D eigenvalue weighted by atomic mass is 10.3. The zero-order valence-corrected chi connectivity index (χ0v) is 11.6. The molecule has 2 amide bonds. The molecule has 1 fully saturated rings. The molecule has 0 radical (unpaired) electrons. The minimum Gasteiger partial charge on any atom is -0.373 e. The summed E-state index contributed by atoms with van der Waals surface area (Å²) >= 11 is 1.44. The first-order chi connectivity index (χ1) is 8.60. The van der Waals surface area contributed by atoms with Crippen LogP contribution in [0, 0.1) is 0 Å². The summed E-state index contributed by atoms with van der Waals surface area (Å²) in [6.45, 7) is 1.56. The molecule has 0 aliphatic carbocycles. The molecule has 6 nitrogen and oxygen atoms in total. The van der Waals surface area contributed by atoms with E-state index in [9.17, 15) is 14.7 Å². The van der Waals surface area contributed by atoms with Crippen molar-refractivity contribution in [2.24, 2.45) is 0 Å². The Balaban J connectivity index is 2.30. The SMILES string of the molecule is CNCCNC(=O)CCN1C(=O)C(SC)CC1O. The van der Waals surface area contributed by atoms with Crippen molar-refractivity contribution in [3.8, 4) is 0 Å². The number of carbonyl (C=O) groups excluding carboxylic acids is 2. The predicted molar refractivity (Wildman–Crippen MR) is 71.2 cm³/mol. The van der Waals surface area contributed by atoms with Crippen LogP contribution in [0.5, 0.6) is 0 Å². The Hall–Kier alpha value is -0.790. The molecular weight excluding hydrogens is 254 g/mol. The van der Waals surface area contributed by atoms with Crippen molar-refractivity contribution in [3.05, 3.63) is 0 Å². The molecule has 0 aromatic heterocycles. The van der Waals surface area contributed by atoms with Crippen LogP contribution in [-0.4, -0.2) is 66.2 Å². The number of hydrogen-bond acceptors (Lipinski definition) is 5. The van der Waals surface area contributed by atoms with Gasteiger partial charge in [0.05, 0.1) is 5.25 Å². The molecule has 3 N–H and O–H groups in total. The molecule has 104 valence electrons. The van der Waals surface area contributed by atoms with Crippen molar-refractivity contribution in [3.63, 3.8) is 0 Å². The summed E-state index contributed by atoms with van der Waals surface area (Å²) in [5.74, 6) is -0.170. The molecule has 2 atom stereocenters. The van der Waals surface area contributed by atoms with E-state index in [1.54, 1.807) is 0 Å². The molecule has 7 heteroatoms. The van der Waals surface area contributed by atoms with Gasteiger partial charge in [0.1, 0.15) is 6.23 Å². The molecule has 1 rings (SSSR count). The van der Waals surface area contributed by atoms with E-state index in [0.717, 1.165) is 0 Å². The van der Waals surface area contributed by atoms with E-state index >= 15 is 0 Å². The summed E-state index contributed by atoms with van der Waals surface area (Å²) < 4.78 is 0. The number of thioether (sulfide) groups is 1. The largest absolute Gasteiger partial charge is 0.373 e. The fraction of sp³-hybridized carbons (Fsp3) is 0.818. The highest BCUT2D eigenvalue weighted by molar-refractivity contribution is 7.99. The lowest BCUT2D eigenvalue weighted by Gasteiger charge is -2.20. The Morgan fingerprint density at radius 3 is 2.83 bits per heavy atom. The fourth-order valence-electron chi connectivity index (χ4n) is 1.84.